The predicted octanol–water partition coefficient (Wildman–Crippen LogP) is 4.61. The summed E-state index contributed by atoms with van der Waals surface area (Å²) in [5.41, 5.74) is 5.58. The molecule has 30 heavy (non-hydrogen) atoms. The van der Waals surface area contributed by atoms with E-state index in [0.29, 0.717) is 17.5 Å². The summed E-state index contributed by atoms with van der Waals surface area (Å²) in [7, 11) is 0. The zero-order chi connectivity index (χ0) is 20.8. The molecule has 0 bridgehead atoms. The van der Waals surface area contributed by atoms with Gasteiger partial charge in [0.2, 0.25) is 0 Å². The number of hydrogen-bond acceptors (Lipinski definition) is 6. The van der Waals surface area contributed by atoms with Crippen LogP contribution >= 0.6 is 11.6 Å². The SMILES string of the molecule is Cc1noc(C)c1CN1N=C(c2ccc(Cl)cc2)c2ccccc2-n2c(C)nnc21. The Morgan fingerprint density at radius 2 is 1.73 bits per heavy atom. The number of hydrogen-bond donors (Lipinski definition) is 0. The number of aryl methyl sites for hydroxylation is 3. The molecule has 0 unspecified atom stereocenters. The largest absolute Gasteiger partial charge is 0.361 e. The summed E-state index contributed by atoms with van der Waals surface area (Å²) in [5.74, 6) is 2.19. The number of nitrogens with zero attached hydrogens (tertiary/aromatic N) is 6. The monoisotopic (exact) mass is 418 g/mol. The van der Waals surface area contributed by atoms with Crippen LogP contribution in [0.25, 0.3) is 5.69 Å². The van der Waals surface area contributed by atoms with Gasteiger partial charge >= 0.3 is 0 Å². The first kappa shape index (κ1) is 18.6. The Morgan fingerprint density at radius 1 is 0.967 bits per heavy atom. The van der Waals surface area contributed by atoms with Crippen LogP contribution in [0.3, 0.4) is 0 Å². The number of aromatic nitrogens is 4. The fourth-order valence-electron chi connectivity index (χ4n) is 3.69. The summed E-state index contributed by atoms with van der Waals surface area (Å²) < 4.78 is 7.39. The third-order valence-electron chi connectivity index (χ3n) is 5.27. The molecule has 0 saturated carbocycles. The molecule has 0 fully saturated rings. The van der Waals surface area contributed by atoms with Crippen LogP contribution in [0.5, 0.6) is 0 Å². The van der Waals surface area contributed by atoms with Crippen LogP contribution in [-0.2, 0) is 6.54 Å². The highest BCUT2D eigenvalue weighted by atomic mass is 35.5. The fraction of sp³-hybridized carbons (Fsp3) is 0.182. The second-order valence-electron chi connectivity index (χ2n) is 7.22. The van der Waals surface area contributed by atoms with Gasteiger partial charge in [-0.25, -0.2) is 5.01 Å². The molecular formula is C22H19ClN6O. The molecule has 0 amide bonds. The standard InChI is InChI=1S/C22H19ClN6O/c1-13-19(14(2)30-27-13)12-28-22-25-24-15(3)29(22)20-7-5-4-6-18(20)21(26-28)16-8-10-17(23)11-9-16/h4-11H,12H2,1-3H3. The average Bonchev–Trinajstić information content (AvgIpc) is 3.23. The topological polar surface area (TPSA) is 72.3 Å². The van der Waals surface area contributed by atoms with Gasteiger partial charge in [-0.1, -0.05) is 47.1 Å². The second-order valence-corrected chi connectivity index (χ2v) is 7.65. The van der Waals surface area contributed by atoms with Crippen LogP contribution in [0.2, 0.25) is 5.02 Å². The molecule has 0 spiro atoms. The van der Waals surface area contributed by atoms with Crippen molar-refractivity contribution in [3.63, 3.8) is 0 Å². The Morgan fingerprint density at radius 3 is 2.47 bits per heavy atom. The molecule has 0 aliphatic carbocycles. The Balaban J connectivity index is 1.75. The molecule has 0 radical (unpaired) electrons. The Kier molecular flexibility index (Phi) is 4.40. The molecule has 1 aliphatic heterocycles. The highest BCUT2D eigenvalue weighted by Gasteiger charge is 2.27. The van der Waals surface area contributed by atoms with Crippen molar-refractivity contribution in [1.82, 2.24) is 19.9 Å². The van der Waals surface area contributed by atoms with Crippen molar-refractivity contribution in [3.05, 3.63) is 87.5 Å². The van der Waals surface area contributed by atoms with Crippen molar-refractivity contribution in [1.29, 1.82) is 0 Å². The molecular weight excluding hydrogens is 400 g/mol. The first-order valence-corrected chi connectivity index (χ1v) is 9.96. The molecule has 7 nitrogen and oxygen atoms in total. The number of anilines is 1. The van der Waals surface area contributed by atoms with Gasteiger partial charge in [-0.2, -0.15) is 5.10 Å². The summed E-state index contributed by atoms with van der Waals surface area (Å²) >= 11 is 6.13. The zero-order valence-electron chi connectivity index (χ0n) is 16.8. The van der Waals surface area contributed by atoms with E-state index in [2.05, 4.69) is 27.5 Å². The molecule has 3 heterocycles. The summed E-state index contributed by atoms with van der Waals surface area (Å²) in [4.78, 5) is 0. The van der Waals surface area contributed by atoms with Gasteiger partial charge < -0.3 is 4.52 Å². The van der Waals surface area contributed by atoms with Crippen molar-refractivity contribution in [2.45, 2.75) is 27.3 Å². The van der Waals surface area contributed by atoms with E-state index < -0.39 is 0 Å². The molecule has 2 aromatic carbocycles. The van der Waals surface area contributed by atoms with Crippen molar-refractivity contribution >= 4 is 23.3 Å². The molecule has 5 rings (SSSR count). The van der Waals surface area contributed by atoms with Crippen molar-refractivity contribution in [2.75, 3.05) is 5.01 Å². The Bertz CT molecular complexity index is 1250. The third-order valence-corrected chi connectivity index (χ3v) is 5.52. The van der Waals surface area contributed by atoms with Crippen LogP contribution in [0, 0.1) is 20.8 Å². The summed E-state index contributed by atoms with van der Waals surface area (Å²) in [6.45, 7) is 6.24. The predicted molar refractivity (Wildman–Crippen MR) is 115 cm³/mol. The summed E-state index contributed by atoms with van der Waals surface area (Å²) in [6.07, 6.45) is 0. The van der Waals surface area contributed by atoms with E-state index in [1.807, 2.05) is 66.7 Å². The van der Waals surface area contributed by atoms with E-state index in [1.54, 1.807) is 0 Å². The fourth-order valence-corrected chi connectivity index (χ4v) is 3.82. The van der Waals surface area contributed by atoms with Crippen LogP contribution in [0.15, 0.2) is 58.2 Å². The maximum absolute atomic E-state index is 6.13. The lowest BCUT2D eigenvalue weighted by Crippen LogP contribution is -2.21. The number of fused-ring (bicyclic) bond motifs is 3. The van der Waals surface area contributed by atoms with Gasteiger partial charge in [0.15, 0.2) is 0 Å². The van der Waals surface area contributed by atoms with Gasteiger partial charge in [-0.15, -0.1) is 10.2 Å². The number of benzene rings is 2. The van der Waals surface area contributed by atoms with E-state index in [9.17, 15) is 0 Å². The minimum Gasteiger partial charge on any atom is -0.361 e. The van der Waals surface area contributed by atoms with E-state index in [1.165, 1.54) is 0 Å². The average molecular weight is 419 g/mol. The Hall–Kier alpha value is -3.45. The number of rotatable bonds is 3. The van der Waals surface area contributed by atoms with Crippen molar-refractivity contribution in [2.24, 2.45) is 5.10 Å². The zero-order valence-corrected chi connectivity index (χ0v) is 17.6. The smallest absolute Gasteiger partial charge is 0.252 e. The lowest BCUT2D eigenvalue weighted by atomic mass is 10.0. The molecule has 150 valence electrons. The highest BCUT2D eigenvalue weighted by Crippen LogP contribution is 2.31. The molecule has 2 aromatic heterocycles. The van der Waals surface area contributed by atoms with E-state index in [4.69, 9.17) is 21.2 Å². The first-order chi connectivity index (χ1) is 14.5. The minimum absolute atomic E-state index is 0.463. The number of para-hydroxylation sites is 1. The van der Waals surface area contributed by atoms with Gasteiger partial charge in [0.05, 0.1) is 17.9 Å². The Labute approximate surface area is 178 Å². The van der Waals surface area contributed by atoms with Gasteiger partial charge in [-0.05, 0) is 39.0 Å². The lowest BCUT2D eigenvalue weighted by molar-refractivity contribution is 0.392. The van der Waals surface area contributed by atoms with E-state index >= 15 is 0 Å². The first-order valence-electron chi connectivity index (χ1n) is 9.58. The molecule has 4 aromatic rings. The second kappa shape index (κ2) is 7.11. The third kappa shape index (κ3) is 2.98. The maximum Gasteiger partial charge on any atom is 0.252 e. The molecule has 0 N–H and O–H groups in total. The molecule has 0 saturated heterocycles. The molecule has 0 atom stereocenters. The van der Waals surface area contributed by atoms with Gasteiger partial charge in [-0.3, -0.25) is 4.57 Å². The highest BCUT2D eigenvalue weighted by molar-refractivity contribution is 6.30. The number of hydrazone groups is 1. The van der Waals surface area contributed by atoms with Gasteiger partial charge in [0.25, 0.3) is 5.95 Å². The van der Waals surface area contributed by atoms with Crippen LogP contribution in [-0.4, -0.2) is 25.6 Å². The van der Waals surface area contributed by atoms with Crippen molar-refractivity contribution in [3.8, 4) is 5.69 Å². The van der Waals surface area contributed by atoms with Crippen molar-refractivity contribution < 1.29 is 4.52 Å². The van der Waals surface area contributed by atoms with E-state index in [-0.39, 0.29) is 0 Å². The molecule has 8 heteroatoms. The van der Waals surface area contributed by atoms with Gasteiger partial charge in [0.1, 0.15) is 17.3 Å². The van der Waals surface area contributed by atoms with E-state index in [0.717, 1.165) is 45.4 Å². The summed E-state index contributed by atoms with van der Waals surface area (Å²) in [6, 6.07) is 15.8. The molecule has 1 aliphatic rings. The van der Waals surface area contributed by atoms with Crippen LogP contribution < -0.4 is 5.01 Å². The summed E-state index contributed by atoms with van der Waals surface area (Å²) in [5, 5.41) is 20.4. The van der Waals surface area contributed by atoms with Gasteiger partial charge in [0, 0.05) is 21.7 Å². The van der Waals surface area contributed by atoms with Crippen LogP contribution in [0.1, 0.15) is 34.0 Å². The minimum atomic E-state index is 0.463. The number of halogens is 1. The van der Waals surface area contributed by atoms with Crippen LogP contribution in [0.4, 0.5) is 5.95 Å². The quantitative estimate of drug-likeness (QED) is 0.486. The normalized spacial score (nSPS) is 12.9. The maximum atomic E-state index is 6.13. The lowest BCUT2D eigenvalue weighted by Gasteiger charge is -2.17.